The van der Waals surface area contributed by atoms with Gasteiger partial charge in [0.25, 0.3) is 0 Å². The van der Waals surface area contributed by atoms with Gasteiger partial charge in [-0.05, 0) is 30.7 Å². The van der Waals surface area contributed by atoms with E-state index in [0.29, 0.717) is 27.4 Å². The Morgan fingerprint density at radius 2 is 2.00 bits per heavy atom. The molecule has 1 aromatic carbocycles. The molecule has 2 aromatic rings. The lowest BCUT2D eigenvalue weighted by Gasteiger charge is -2.09. The molecule has 0 aliphatic carbocycles. The second-order valence-corrected chi connectivity index (χ2v) is 4.59. The van der Waals surface area contributed by atoms with Crippen molar-refractivity contribution in [3.8, 4) is 11.6 Å². The summed E-state index contributed by atoms with van der Waals surface area (Å²) < 4.78 is 5.62. The molecule has 3 nitrogen and oxygen atoms in total. The van der Waals surface area contributed by atoms with Crippen molar-refractivity contribution in [3.63, 3.8) is 0 Å². The fraction of sp³-hybridized carbons (Fsp3) is 0.154. The van der Waals surface area contributed by atoms with Crippen LogP contribution in [0.2, 0.25) is 10.0 Å². The van der Waals surface area contributed by atoms with Gasteiger partial charge < -0.3 is 9.84 Å². The molecule has 94 valence electrons. The van der Waals surface area contributed by atoms with E-state index in [9.17, 15) is 0 Å². The molecule has 0 bridgehead atoms. The first-order valence-corrected chi connectivity index (χ1v) is 6.06. The zero-order valence-electron chi connectivity index (χ0n) is 9.65. The first-order chi connectivity index (χ1) is 8.60. The molecular weight excluding hydrogens is 273 g/mol. The Labute approximate surface area is 115 Å². The number of rotatable bonds is 3. The van der Waals surface area contributed by atoms with E-state index in [1.54, 1.807) is 24.3 Å². The number of aryl methyl sites for hydroxylation is 1. The van der Waals surface area contributed by atoms with Crippen LogP contribution in [-0.2, 0) is 6.61 Å². The van der Waals surface area contributed by atoms with Crippen LogP contribution in [0.4, 0.5) is 0 Å². The van der Waals surface area contributed by atoms with Crippen molar-refractivity contribution in [3.05, 3.63) is 51.6 Å². The number of aliphatic hydroxyl groups is 1. The van der Waals surface area contributed by atoms with E-state index >= 15 is 0 Å². The molecule has 0 fully saturated rings. The molecule has 0 spiro atoms. The maximum absolute atomic E-state index is 9.08. The summed E-state index contributed by atoms with van der Waals surface area (Å²) in [5, 5.41) is 10.1. The number of ether oxygens (including phenoxy) is 1. The number of hydrogen-bond acceptors (Lipinski definition) is 3. The predicted molar refractivity (Wildman–Crippen MR) is 71.4 cm³/mol. The minimum atomic E-state index is -0.232. The topological polar surface area (TPSA) is 42.4 Å². The molecule has 0 atom stereocenters. The summed E-state index contributed by atoms with van der Waals surface area (Å²) in [6, 6.07) is 8.64. The van der Waals surface area contributed by atoms with Crippen molar-refractivity contribution in [1.82, 2.24) is 4.98 Å². The van der Waals surface area contributed by atoms with Gasteiger partial charge in [-0.2, -0.15) is 0 Å². The molecule has 1 heterocycles. The minimum Gasteiger partial charge on any atom is -0.439 e. The number of pyridine rings is 1. The minimum absolute atomic E-state index is 0.232. The van der Waals surface area contributed by atoms with Gasteiger partial charge in [0.05, 0.1) is 17.3 Å². The van der Waals surface area contributed by atoms with Gasteiger partial charge in [0.15, 0.2) is 0 Å². The fourth-order valence-corrected chi connectivity index (χ4v) is 1.76. The van der Waals surface area contributed by atoms with Crippen LogP contribution in [0.15, 0.2) is 30.3 Å². The van der Waals surface area contributed by atoms with Gasteiger partial charge in [-0.15, -0.1) is 0 Å². The Kier molecular flexibility index (Phi) is 4.07. The van der Waals surface area contributed by atoms with E-state index in [-0.39, 0.29) is 6.61 Å². The normalized spacial score (nSPS) is 10.4. The average molecular weight is 284 g/mol. The van der Waals surface area contributed by atoms with Crippen molar-refractivity contribution in [2.75, 3.05) is 0 Å². The van der Waals surface area contributed by atoms with E-state index in [4.69, 9.17) is 33.0 Å². The lowest BCUT2D eigenvalue weighted by Crippen LogP contribution is -1.95. The number of benzene rings is 1. The van der Waals surface area contributed by atoms with Gasteiger partial charge in [-0.3, -0.25) is 0 Å². The average Bonchev–Trinajstić information content (AvgIpc) is 2.36. The van der Waals surface area contributed by atoms with E-state index in [2.05, 4.69) is 4.98 Å². The van der Waals surface area contributed by atoms with Gasteiger partial charge in [-0.25, -0.2) is 4.98 Å². The highest BCUT2D eigenvalue weighted by Crippen LogP contribution is 2.28. The largest absolute Gasteiger partial charge is 0.439 e. The second kappa shape index (κ2) is 5.57. The zero-order valence-corrected chi connectivity index (χ0v) is 11.2. The van der Waals surface area contributed by atoms with Crippen molar-refractivity contribution in [1.29, 1.82) is 0 Å². The summed E-state index contributed by atoms with van der Waals surface area (Å²) in [5.74, 6) is 0.995. The third-order valence-electron chi connectivity index (χ3n) is 2.41. The summed E-state index contributed by atoms with van der Waals surface area (Å²) in [5.41, 5.74) is 1.33. The van der Waals surface area contributed by atoms with Gasteiger partial charge in [0, 0.05) is 11.1 Å². The summed E-state index contributed by atoms with van der Waals surface area (Å²) in [6.45, 7) is 1.68. The molecule has 0 aliphatic rings. The quantitative estimate of drug-likeness (QED) is 0.926. The number of halogens is 2. The maximum atomic E-state index is 9.08. The lowest BCUT2D eigenvalue weighted by molar-refractivity contribution is 0.275. The third-order valence-corrected chi connectivity index (χ3v) is 2.99. The zero-order chi connectivity index (χ0) is 13.1. The van der Waals surface area contributed by atoms with Gasteiger partial charge >= 0.3 is 0 Å². The van der Waals surface area contributed by atoms with Crippen LogP contribution in [0.25, 0.3) is 0 Å². The molecule has 5 heteroatoms. The second-order valence-electron chi connectivity index (χ2n) is 3.75. The molecular formula is C13H11Cl2NO2. The number of nitrogens with zero attached hydrogens (tertiary/aromatic N) is 1. The summed E-state index contributed by atoms with van der Waals surface area (Å²) >= 11 is 11.8. The Hall–Kier alpha value is -1.29. The lowest BCUT2D eigenvalue weighted by atomic mass is 10.2. The van der Waals surface area contributed by atoms with Gasteiger partial charge in [0.2, 0.25) is 5.88 Å². The molecule has 1 N–H and O–H groups in total. The van der Waals surface area contributed by atoms with E-state index in [0.717, 1.165) is 5.56 Å². The Bertz CT molecular complexity index is 573. The van der Waals surface area contributed by atoms with Crippen LogP contribution in [0.5, 0.6) is 11.6 Å². The van der Waals surface area contributed by atoms with E-state index in [1.165, 1.54) is 0 Å². The highest BCUT2D eigenvalue weighted by molar-refractivity contribution is 6.31. The van der Waals surface area contributed by atoms with Gasteiger partial charge in [0.1, 0.15) is 5.75 Å². The first-order valence-electron chi connectivity index (χ1n) is 5.30. The Morgan fingerprint density at radius 3 is 2.72 bits per heavy atom. The molecule has 18 heavy (non-hydrogen) atoms. The highest BCUT2D eigenvalue weighted by atomic mass is 35.5. The van der Waals surface area contributed by atoms with Crippen LogP contribution < -0.4 is 4.74 Å². The molecule has 0 aliphatic heterocycles. The van der Waals surface area contributed by atoms with E-state index < -0.39 is 0 Å². The molecule has 2 rings (SSSR count). The SMILES string of the molecule is Cc1ccc(Cl)cc1Oc1ccc(Cl)c(CO)n1. The summed E-state index contributed by atoms with van der Waals surface area (Å²) in [4.78, 5) is 4.11. The monoisotopic (exact) mass is 283 g/mol. The number of aromatic nitrogens is 1. The molecule has 0 saturated heterocycles. The van der Waals surface area contributed by atoms with E-state index in [1.807, 2.05) is 13.0 Å². The molecule has 0 saturated carbocycles. The van der Waals surface area contributed by atoms with Crippen LogP contribution in [-0.4, -0.2) is 10.1 Å². The maximum Gasteiger partial charge on any atom is 0.219 e. The fourth-order valence-electron chi connectivity index (χ4n) is 1.43. The van der Waals surface area contributed by atoms with Crippen LogP contribution in [0, 0.1) is 6.92 Å². The Balaban J connectivity index is 2.31. The predicted octanol–water partition coefficient (Wildman–Crippen LogP) is 3.98. The van der Waals surface area contributed by atoms with Crippen LogP contribution in [0.3, 0.4) is 0 Å². The number of aliphatic hydroxyl groups excluding tert-OH is 1. The van der Waals surface area contributed by atoms with Crippen LogP contribution >= 0.6 is 23.2 Å². The summed E-state index contributed by atoms with van der Waals surface area (Å²) in [6.07, 6.45) is 0. The highest BCUT2D eigenvalue weighted by Gasteiger charge is 2.07. The molecule has 0 radical (unpaired) electrons. The first kappa shape index (κ1) is 13.1. The molecule has 0 amide bonds. The molecule has 0 unspecified atom stereocenters. The third kappa shape index (κ3) is 2.93. The smallest absolute Gasteiger partial charge is 0.219 e. The van der Waals surface area contributed by atoms with Crippen molar-refractivity contribution >= 4 is 23.2 Å². The van der Waals surface area contributed by atoms with Gasteiger partial charge in [-0.1, -0.05) is 29.3 Å². The van der Waals surface area contributed by atoms with Crippen molar-refractivity contribution in [2.45, 2.75) is 13.5 Å². The van der Waals surface area contributed by atoms with Crippen molar-refractivity contribution in [2.24, 2.45) is 0 Å². The van der Waals surface area contributed by atoms with Crippen molar-refractivity contribution < 1.29 is 9.84 Å². The van der Waals surface area contributed by atoms with Crippen LogP contribution in [0.1, 0.15) is 11.3 Å². The number of hydrogen-bond donors (Lipinski definition) is 1. The standard InChI is InChI=1S/C13H11Cl2NO2/c1-8-2-3-9(14)6-12(8)18-13-5-4-10(15)11(7-17)16-13/h2-6,17H,7H2,1H3. The molecule has 1 aromatic heterocycles. The Morgan fingerprint density at radius 1 is 1.22 bits per heavy atom. The summed E-state index contributed by atoms with van der Waals surface area (Å²) in [7, 11) is 0.